The van der Waals surface area contributed by atoms with E-state index < -0.39 is 10.0 Å². The zero-order valence-corrected chi connectivity index (χ0v) is 12.0. The second kappa shape index (κ2) is 6.81. The third kappa shape index (κ3) is 4.02. The molecule has 0 spiro atoms. The minimum Gasteiger partial charge on any atom is -0.320 e. The molecule has 0 aliphatic carbocycles. The van der Waals surface area contributed by atoms with E-state index >= 15 is 0 Å². The van der Waals surface area contributed by atoms with Crippen molar-refractivity contribution in [2.45, 2.75) is 24.2 Å². The first-order valence-corrected chi connectivity index (χ1v) is 8.01. The number of aromatic nitrogens is 1. The minimum atomic E-state index is -3.59. The lowest BCUT2D eigenvalue weighted by atomic mass is 10.2. The first-order chi connectivity index (χ1) is 9.62. The lowest BCUT2D eigenvalue weighted by Crippen LogP contribution is -2.44. The van der Waals surface area contributed by atoms with Crippen LogP contribution in [0.25, 0.3) is 0 Å². The van der Waals surface area contributed by atoms with Crippen molar-refractivity contribution in [3.8, 4) is 11.8 Å². The maximum Gasteiger partial charge on any atom is 0.255 e. The van der Waals surface area contributed by atoms with Crippen LogP contribution in [0.5, 0.6) is 0 Å². The zero-order valence-electron chi connectivity index (χ0n) is 11.2. The van der Waals surface area contributed by atoms with Crippen LogP contribution in [0.2, 0.25) is 0 Å². The smallest absolute Gasteiger partial charge is 0.255 e. The van der Waals surface area contributed by atoms with Crippen molar-refractivity contribution < 1.29 is 8.42 Å². The molecule has 3 N–H and O–H groups in total. The molecule has 7 heteroatoms. The maximum atomic E-state index is 12.3. The second-order valence-corrected chi connectivity index (χ2v) is 6.22. The standard InChI is InChI=1S/C13H18N4O2S/c14-6-4-5-12-9-13(11-15-10-12)20(18,19)16-17-7-2-1-3-8-17/h9-11,16H,1-3,6-8,14H2. The van der Waals surface area contributed by atoms with Crippen LogP contribution in [0.3, 0.4) is 0 Å². The molecule has 0 unspecified atom stereocenters. The Hall–Kier alpha value is -1.46. The van der Waals surface area contributed by atoms with Gasteiger partial charge in [0.25, 0.3) is 10.0 Å². The summed E-state index contributed by atoms with van der Waals surface area (Å²) in [5.41, 5.74) is 5.83. The van der Waals surface area contributed by atoms with Crippen molar-refractivity contribution in [2.24, 2.45) is 5.73 Å². The average molecular weight is 294 g/mol. The van der Waals surface area contributed by atoms with Gasteiger partial charge >= 0.3 is 0 Å². The summed E-state index contributed by atoms with van der Waals surface area (Å²) in [5, 5.41) is 1.73. The van der Waals surface area contributed by atoms with Gasteiger partial charge in [-0.05, 0) is 18.9 Å². The number of nitrogens with zero attached hydrogens (tertiary/aromatic N) is 2. The monoisotopic (exact) mass is 294 g/mol. The molecule has 1 aliphatic heterocycles. The number of pyridine rings is 1. The first-order valence-electron chi connectivity index (χ1n) is 6.53. The van der Waals surface area contributed by atoms with Crippen molar-refractivity contribution in [1.29, 1.82) is 0 Å². The van der Waals surface area contributed by atoms with E-state index in [-0.39, 0.29) is 11.4 Å². The van der Waals surface area contributed by atoms with E-state index in [4.69, 9.17) is 5.73 Å². The number of hydrogen-bond donors (Lipinski definition) is 2. The van der Waals surface area contributed by atoms with Crippen molar-refractivity contribution >= 4 is 10.0 Å². The largest absolute Gasteiger partial charge is 0.320 e. The minimum absolute atomic E-state index is 0.117. The molecule has 0 saturated carbocycles. The molecule has 1 saturated heterocycles. The third-order valence-electron chi connectivity index (χ3n) is 2.96. The van der Waals surface area contributed by atoms with Crippen LogP contribution >= 0.6 is 0 Å². The third-order valence-corrected chi connectivity index (χ3v) is 4.31. The molecule has 1 aromatic rings. The summed E-state index contributed by atoms with van der Waals surface area (Å²) in [4.78, 5) is 6.62. The number of hydrogen-bond acceptors (Lipinski definition) is 5. The molecule has 0 radical (unpaired) electrons. The first kappa shape index (κ1) is 14.9. The second-order valence-electron chi connectivity index (χ2n) is 4.56. The van der Waals surface area contributed by atoms with Crippen LogP contribution in [-0.4, -0.2) is 38.0 Å². The highest BCUT2D eigenvalue weighted by molar-refractivity contribution is 7.89. The Morgan fingerprint density at radius 2 is 2.05 bits per heavy atom. The van der Waals surface area contributed by atoms with E-state index in [0.29, 0.717) is 5.56 Å². The van der Waals surface area contributed by atoms with Crippen molar-refractivity contribution in [1.82, 2.24) is 14.8 Å². The molecule has 2 rings (SSSR count). The van der Waals surface area contributed by atoms with Crippen LogP contribution in [0.4, 0.5) is 0 Å². The fraction of sp³-hybridized carbons (Fsp3) is 0.462. The van der Waals surface area contributed by atoms with Gasteiger partial charge in [0.05, 0.1) is 6.54 Å². The van der Waals surface area contributed by atoms with Crippen molar-refractivity contribution in [3.63, 3.8) is 0 Å². The quantitative estimate of drug-likeness (QED) is 0.770. The zero-order chi connectivity index (χ0) is 14.4. The predicted octanol–water partition coefficient (Wildman–Crippen LogP) is 0.0710. The Morgan fingerprint density at radius 3 is 2.75 bits per heavy atom. The summed E-state index contributed by atoms with van der Waals surface area (Å²) in [6.07, 6.45) is 5.98. The maximum absolute atomic E-state index is 12.3. The van der Waals surface area contributed by atoms with E-state index in [2.05, 4.69) is 21.7 Å². The van der Waals surface area contributed by atoms with Crippen LogP contribution in [0.15, 0.2) is 23.4 Å². The highest BCUT2D eigenvalue weighted by Crippen LogP contribution is 2.12. The van der Waals surface area contributed by atoms with Gasteiger partial charge in [-0.25, -0.2) is 13.4 Å². The summed E-state index contributed by atoms with van der Waals surface area (Å²) in [5.74, 6) is 5.45. The van der Waals surface area contributed by atoms with Crippen LogP contribution in [0.1, 0.15) is 24.8 Å². The number of rotatable bonds is 3. The Morgan fingerprint density at radius 1 is 1.30 bits per heavy atom. The summed E-state index contributed by atoms with van der Waals surface area (Å²) in [7, 11) is -3.59. The Kier molecular flexibility index (Phi) is 5.09. The lowest BCUT2D eigenvalue weighted by molar-refractivity contribution is 0.200. The van der Waals surface area contributed by atoms with E-state index in [0.717, 1.165) is 32.4 Å². The molecule has 0 aromatic carbocycles. The van der Waals surface area contributed by atoms with Crippen LogP contribution in [0, 0.1) is 11.8 Å². The fourth-order valence-electron chi connectivity index (χ4n) is 2.00. The molecule has 0 amide bonds. The summed E-state index contributed by atoms with van der Waals surface area (Å²) in [6.45, 7) is 1.70. The number of sulfonamides is 1. The van der Waals surface area contributed by atoms with E-state index in [1.54, 1.807) is 5.01 Å². The highest BCUT2D eigenvalue weighted by Gasteiger charge is 2.20. The molecule has 1 fully saturated rings. The number of hydrazine groups is 1. The van der Waals surface area contributed by atoms with Gasteiger partial charge in [-0.15, -0.1) is 4.83 Å². The summed E-state index contributed by atoms with van der Waals surface area (Å²) >= 11 is 0. The molecule has 1 aromatic heterocycles. The van der Waals surface area contributed by atoms with Gasteiger partial charge in [0, 0.05) is 31.0 Å². The normalized spacial score (nSPS) is 16.4. The van der Waals surface area contributed by atoms with E-state index in [1.807, 2.05) is 0 Å². The SMILES string of the molecule is NCC#Cc1cncc(S(=O)(=O)NN2CCCCC2)c1. The van der Waals surface area contributed by atoms with Gasteiger partial charge in [0.1, 0.15) is 4.90 Å². The van der Waals surface area contributed by atoms with E-state index in [9.17, 15) is 8.42 Å². The molecule has 6 nitrogen and oxygen atoms in total. The molecule has 0 bridgehead atoms. The summed E-state index contributed by atoms with van der Waals surface area (Å²) < 4.78 is 24.5. The van der Waals surface area contributed by atoms with Gasteiger partial charge in [-0.1, -0.05) is 18.3 Å². The Labute approximate surface area is 119 Å². The molecule has 20 heavy (non-hydrogen) atoms. The predicted molar refractivity (Wildman–Crippen MR) is 75.9 cm³/mol. The van der Waals surface area contributed by atoms with E-state index in [1.165, 1.54) is 18.5 Å². The molecule has 2 heterocycles. The Balaban J connectivity index is 2.16. The molecular formula is C13H18N4O2S. The Bertz CT molecular complexity index is 613. The van der Waals surface area contributed by atoms with Gasteiger partial charge in [-0.3, -0.25) is 4.98 Å². The summed E-state index contributed by atoms with van der Waals surface area (Å²) in [6, 6.07) is 1.50. The van der Waals surface area contributed by atoms with Gasteiger partial charge in [-0.2, -0.15) is 0 Å². The number of nitrogens with two attached hydrogens (primary N) is 1. The fourth-order valence-corrected chi connectivity index (χ4v) is 3.10. The van der Waals surface area contributed by atoms with Gasteiger partial charge in [0.2, 0.25) is 0 Å². The van der Waals surface area contributed by atoms with Crippen molar-refractivity contribution in [3.05, 3.63) is 24.0 Å². The molecule has 1 aliphatic rings. The van der Waals surface area contributed by atoms with Crippen molar-refractivity contribution in [2.75, 3.05) is 19.6 Å². The average Bonchev–Trinajstić information content (AvgIpc) is 2.46. The lowest BCUT2D eigenvalue weighted by Gasteiger charge is -2.26. The molecule has 108 valence electrons. The number of nitrogens with one attached hydrogen (secondary N) is 1. The molecule has 0 atom stereocenters. The van der Waals surface area contributed by atoms with Gasteiger partial charge in [0.15, 0.2) is 0 Å². The molecular weight excluding hydrogens is 276 g/mol. The van der Waals surface area contributed by atoms with Crippen LogP contribution in [-0.2, 0) is 10.0 Å². The van der Waals surface area contributed by atoms with Crippen LogP contribution < -0.4 is 10.6 Å². The van der Waals surface area contributed by atoms with Gasteiger partial charge < -0.3 is 5.73 Å². The number of piperidine rings is 1. The highest BCUT2D eigenvalue weighted by atomic mass is 32.2. The topological polar surface area (TPSA) is 88.3 Å².